The van der Waals surface area contributed by atoms with Gasteiger partial charge in [0.2, 0.25) is 6.41 Å². The number of hydrogen-bond acceptors (Lipinski definition) is 5. The first kappa shape index (κ1) is 19.3. The molecule has 2 heterocycles. The number of benzene rings is 2. The summed E-state index contributed by atoms with van der Waals surface area (Å²) >= 11 is 1.52. The monoisotopic (exact) mass is 408 g/mol. The molecule has 0 radical (unpaired) electrons. The van der Waals surface area contributed by atoms with E-state index in [1.165, 1.54) is 16.7 Å². The smallest absolute Gasteiger partial charge is 0.356 e. The van der Waals surface area contributed by atoms with E-state index in [0.717, 1.165) is 16.7 Å². The molecule has 0 saturated carbocycles. The Morgan fingerprint density at radius 1 is 1.14 bits per heavy atom. The summed E-state index contributed by atoms with van der Waals surface area (Å²) in [6.45, 7) is 1.83. The van der Waals surface area contributed by atoms with Crippen molar-refractivity contribution in [2.24, 2.45) is 0 Å². The van der Waals surface area contributed by atoms with Gasteiger partial charge < -0.3 is 10.1 Å². The van der Waals surface area contributed by atoms with E-state index in [1.807, 2.05) is 67.6 Å². The number of esters is 1. The Kier molecular flexibility index (Phi) is 5.40. The third-order valence-corrected chi connectivity index (χ3v) is 6.45. The van der Waals surface area contributed by atoms with E-state index in [0.29, 0.717) is 12.2 Å². The first-order chi connectivity index (χ1) is 14.1. The number of fused-ring (bicyclic) bond motifs is 1. The van der Waals surface area contributed by atoms with Crippen molar-refractivity contribution in [2.45, 2.75) is 24.4 Å². The Bertz CT molecular complexity index is 922. The zero-order chi connectivity index (χ0) is 20.4. The summed E-state index contributed by atoms with van der Waals surface area (Å²) < 4.78 is 5.94. The normalized spacial score (nSPS) is 20.8. The second kappa shape index (κ2) is 8.13. The molecule has 0 bridgehead atoms. The third kappa shape index (κ3) is 3.53. The van der Waals surface area contributed by atoms with Crippen LogP contribution in [0.3, 0.4) is 0 Å². The highest BCUT2D eigenvalue weighted by Crippen LogP contribution is 2.41. The molecule has 2 atom stereocenters. The molecule has 148 valence electrons. The van der Waals surface area contributed by atoms with Gasteiger partial charge in [-0.25, -0.2) is 4.79 Å². The quantitative estimate of drug-likeness (QED) is 0.452. The average Bonchev–Trinajstić information content (AvgIpc) is 2.76. The summed E-state index contributed by atoms with van der Waals surface area (Å²) in [7, 11) is 0. The van der Waals surface area contributed by atoms with Crippen LogP contribution in [-0.2, 0) is 19.1 Å². The Labute approximate surface area is 172 Å². The highest BCUT2D eigenvalue weighted by atomic mass is 32.2. The summed E-state index contributed by atoms with van der Waals surface area (Å²) in [5.41, 5.74) is 2.76. The number of carbonyl (C=O) groups is 3. The molecule has 1 N–H and O–H groups in total. The molecule has 2 aromatic carbocycles. The average molecular weight is 408 g/mol. The van der Waals surface area contributed by atoms with Crippen molar-refractivity contribution < 1.29 is 19.1 Å². The van der Waals surface area contributed by atoms with E-state index in [9.17, 15) is 14.4 Å². The van der Waals surface area contributed by atoms with E-state index < -0.39 is 18.1 Å². The Balaban J connectivity index is 1.62. The maximum atomic E-state index is 13.2. The van der Waals surface area contributed by atoms with Gasteiger partial charge >= 0.3 is 5.97 Å². The van der Waals surface area contributed by atoms with Crippen molar-refractivity contribution in [3.05, 3.63) is 83.1 Å². The predicted molar refractivity (Wildman–Crippen MR) is 110 cm³/mol. The molecule has 2 aliphatic rings. The summed E-state index contributed by atoms with van der Waals surface area (Å²) in [5.74, 6) is -0.239. The fraction of sp³-hybridized carbons (Fsp3) is 0.227. The van der Waals surface area contributed by atoms with Crippen LogP contribution in [0, 0.1) is 0 Å². The minimum absolute atomic E-state index is 0.277. The number of amides is 2. The van der Waals surface area contributed by atoms with Crippen LogP contribution in [-0.4, -0.2) is 40.4 Å². The molecule has 2 aliphatic heterocycles. The molecule has 0 spiro atoms. The number of ether oxygens (including phenoxy) is 1. The van der Waals surface area contributed by atoms with E-state index in [4.69, 9.17) is 4.74 Å². The number of β-lactam (4-membered cyclic amide) rings is 1. The second-order valence-electron chi connectivity index (χ2n) is 6.91. The van der Waals surface area contributed by atoms with Crippen molar-refractivity contribution in [1.29, 1.82) is 0 Å². The second-order valence-corrected chi connectivity index (χ2v) is 8.01. The molecule has 0 unspecified atom stereocenters. The van der Waals surface area contributed by atoms with Crippen LogP contribution in [0.4, 0.5) is 0 Å². The van der Waals surface area contributed by atoms with E-state index in [-0.39, 0.29) is 17.0 Å². The topological polar surface area (TPSA) is 75.7 Å². The summed E-state index contributed by atoms with van der Waals surface area (Å²) in [6, 6.07) is 18.4. The molecular weight excluding hydrogens is 388 g/mol. The van der Waals surface area contributed by atoms with Gasteiger partial charge in [0, 0.05) is 5.75 Å². The van der Waals surface area contributed by atoms with Crippen LogP contribution in [0.2, 0.25) is 0 Å². The first-order valence-electron chi connectivity index (χ1n) is 9.27. The van der Waals surface area contributed by atoms with E-state index in [1.54, 1.807) is 0 Å². The molecular formula is C22H20N2O4S. The van der Waals surface area contributed by atoms with Crippen molar-refractivity contribution in [3.8, 4) is 0 Å². The lowest BCUT2D eigenvalue weighted by Crippen LogP contribution is -2.69. The van der Waals surface area contributed by atoms with Gasteiger partial charge in [-0.05, 0) is 23.6 Å². The molecule has 4 rings (SSSR count). The van der Waals surface area contributed by atoms with Gasteiger partial charge in [0.05, 0.1) is 0 Å². The van der Waals surface area contributed by atoms with Crippen molar-refractivity contribution in [2.75, 3.05) is 5.75 Å². The zero-order valence-electron chi connectivity index (χ0n) is 15.8. The highest BCUT2D eigenvalue weighted by Gasteiger charge is 2.53. The van der Waals surface area contributed by atoms with Crippen LogP contribution >= 0.6 is 11.8 Å². The number of hydrogen-bond donors (Lipinski definition) is 1. The molecule has 2 aromatic rings. The molecule has 0 aromatic heterocycles. The standard InChI is InChI=1S/C22H20N2O4S/c1-14-12-29-21-17(23-13-25)20(26)24(21)18(14)22(27)28-19(15-8-4-2-5-9-15)16-10-6-3-7-11-16/h2-11,13,17,19,21H,12H2,1H3,(H,23,25)/t17-,21+/m1/s1. The van der Waals surface area contributed by atoms with Crippen LogP contribution in [0.15, 0.2) is 71.9 Å². The van der Waals surface area contributed by atoms with Crippen molar-refractivity contribution in [3.63, 3.8) is 0 Å². The van der Waals surface area contributed by atoms with E-state index >= 15 is 0 Å². The molecule has 1 saturated heterocycles. The molecule has 29 heavy (non-hydrogen) atoms. The molecule has 2 amide bonds. The fourth-order valence-electron chi connectivity index (χ4n) is 3.60. The number of thioether (sulfide) groups is 1. The Morgan fingerprint density at radius 3 is 2.28 bits per heavy atom. The Hall–Kier alpha value is -3.06. The van der Waals surface area contributed by atoms with E-state index in [2.05, 4.69) is 5.32 Å². The van der Waals surface area contributed by atoms with Crippen LogP contribution < -0.4 is 5.32 Å². The predicted octanol–water partition coefficient (Wildman–Crippen LogP) is 2.62. The maximum Gasteiger partial charge on any atom is 0.356 e. The first-order valence-corrected chi connectivity index (χ1v) is 10.3. The number of rotatable bonds is 6. The van der Waals surface area contributed by atoms with Gasteiger partial charge in [0.1, 0.15) is 17.1 Å². The minimum atomic E-state index is -0.604. The molecule has 0 aliphatic carbocycles. The maximum absolute atomic E-state index is 13.2. The summed E-state index contributed by atoms with van der Waals surface area (Å²) in [4.78, 5) is 37.9. The number of carbonyl (C=O) groups excluding carboxylic acids is 3. The molecule has 1 fully saturated rings. The Morgan fingerprint density at radius 2 is 1.72 bits per heavy atom. The van der Waals surface area contributed by atoms with Gasteiger partial charge in [0.25, 0.3) is 5.91 Å². The van der Waals surface area contributed by atoms with Crippen LogP contribution in [0.5, 0.6) is 0 Å². The minimum Gasteiger partial charge on any atom is -0.448 e. The summed E-state index contributed by atoms with van der Waals surface area (Å²) in [5, 5.41) is 2.24. The molecule has 7 heteroatoms. The lowest BCUT2D eigenvalue weighted by Gasteiger charge is -2.49. The van der Waals surface area contributed by atoms with Crippen molar-refractivity contribution >= 4 is 30.0 Å². The lowest BCUT2D eigenvalue weighted by molar-refractivity contribution is -0.154. The van der Waals surface area contributed by atoms with Gasteiger partial charge in [0.15, 0.2) is 6.10 Å². The van der Waals surface area contributed by atoms with Gasteiger partial charge in [-0.2, -0.15) is 0 Å². The van der Waals surface area contributed by atoms with Crippen LogP contribution in [0.25, 0.3) is 0 Å². The van der Waals surface area contributed by atoms with Crippen LogP contribution in [0.1, 0.15) is 24.2 Å². The van der Waals surface area contributed by atoms with Gasteiger partial charge in [-0.15, -0.1) is 11.8 Å². The summed E-state index contributed by atoms with van der Waals surface area (Å²) in [6.07, 6.45) is -0.0664. The number of nitrogens with zero attached hydrogens (tertiary/aromatic N) is 1. The highest BCUT2D eigenvalue weighted by molar-refractivity contribution is 8.00. The fourth-order valence-corrected chi connectivity index (χ4v) is 4.91. The van der Waals surface area contributed by atoms with Gasteiger partial charge in [-0.3, -0.25) is 14.5 Å². The SMILES string of the molecule is CC1=C(C(=O)OC(c2ccccc2)c2ccccc2)N2C(=O)[C@@H](NC=O)[C@@H]2SC1. The number of nitrogens with one attached hydrogen (secondary N) is 1. The lowest BCUT2D eigenvalue weighted by atomic mass is 10.0. The third-order valence-electron chi connectivity index (χ3n) is 5.03. The zero-order valence-corrected chi connectivity index (χ0v) is 16.6. The van der Waals surface area contributed by atoms with Gasteiger partial charge in [-0.1, -0.05) is 60.7 Å². The van der Waals surface area contributed by atoms with Crippen molar-refractivity contribution in [1.82, 2.24) is 10.2 Å². The molecule has 6 nitrogen and oxygen atoms in total. The largest absolute Gasteiger partial charge is 0.448 e.